The second kappa shape index (κ2) is 6.22. The summed E-state index contributed by atoms with van der Waals surface area (Å²) in [5, 5.41) is 29.4. The largest absolute Gasteiger partial charge is 0.394 e. The molecule has 18 heavy (non-hydrogen) atoms. The molecular formula is C13H18Cl2O3. The average molecular weight is 293 g/mol. The molecule has 1 aromatic carbocycles. The van der Waals surface area contributed by atoms with Crippen molar-refractivity contribution in [3.05, 3.63) is 33.8 Å². The minimum Gasteiger partial charge on any atom is -0.394 e. The molecule has 0 aliphatic rings. The molecule has 102 valence electrons. The highest BCUT2D eigenvalue weighted by Gasteiger charge is 2.31. The first-order valence-electron chi connectivity index (χ1n) is 5.74. The summed E-state index contributed by atoms with van der Waals surface area (Å²) in [6, 6.07) is 5.28. The molecule has 0 aromatic heterocycles. The Hall–Kier alpha value is -0.320. The normalized spacial score (nSPS) is 18.2. The maximum atomic E-state index is 10.1. The van der Waals surface area contributed by atoms with Crippen LogP contribution in [0.15, 0.2) is 18.2 Å². The van der Waals surface area contributed by atoms with Crippen molar-refractivity contribution in [3.8, 4) is 0 Å². The number of halogens is 2. The van der Waals surface area contributed by atoms with Crippen molar-refractivity contribution in [1.82, 2.24) is 0 Å². The number of aliphatic hydroxyl groups is 3. The Labute approximate surface area is 117 Å². The standard InChI is InChI=1S/C13H18Cl2O3/c1-8(6-13(2,18)12(17)7-16)9-3-4-10(14)11(15)5-9/h3-5,8,12,16-18H,6-7H2,1-2H3/t8?,12?,13-/m1/s1. The quantitative estimate of drug-likeness (QED) is 0.782. The second-order valence-electron chi connectivity index (χ2n) is 4.83. The molecule has 3 N–H and O–H groups in total. The van der Waals surface area contributed by atoms with E-state index in [1.807, 2.05) is 13.0 Å². The summed E-state index contributed by atoms with van der Waals surface area (Å²) in [7, 11) is 0. The van der Waals surface area contributed by atoms with Gasteiger partial charge in [0.05, 0.1) is 22.3 Å². The topological polar surface area (TPSA) is 60.7 Å². The van der Waals surface area contributed by atoms with E-state index in [0.29, 0.717) is 16.5 Å². The highest BCUT2D eigenvalue weighted by atomic mass is 35.5. The first kappa shape index (κ1) is 15.7. The van der Waals surface area contributed by atoms with Gasteiger partial charge in [-0.1, -0.05) is 36.2 Å². The molecule has 5 heteroatoms. The van der Waals surface area contributed by atoms with Gasteiger partial charge in [0.2, 0.25) is 0 Å². The van der Waals surface area contributed by atoms with Crippen LogP contribution in [0.3, 0.4) is 0 Å². The van der Waals surface area contributed by atoms with Gasteiger partial charge in [-0.2, -0.15) is 0 Å². The number of hydrogen-bond acceptors (Lipinski definition) is 3. The van der Waals surface area contributed by atoms with E-state index in [1.54, 1.807) is 12.1 Å². The SMILES string of the molecule is CC(C[C@@](C)(O)C(O)CO)c1ccc(Cl)c(Cl)c1. The Kier molecular flexibility index (Phi) is 5.44. The number of rotatable bonds is 5. The van der Waals surface area contributed by atoms with Crippen molar-refractivity contribution in [1.29, 1.82) is 0 Å². The van der Waals surface area contributed by atoms with Crippen LogP contribution in [0.5, 0.6) is 0 Å². The van der Waals surface area contributed by atoms with Gasteiger partial charge in [-0.3, -0.25) is 0 Å². The van der Waals surface area contributed by atoms with Crippen LogP contribution in [0.1, 0.15) is 31.7 Å². The second-order valence-corrected chi connectivity index (χ2v) is 5.65. The maximum Gasteiger partial charge on any atom is 0.105 e. The lowest BCUT2D eigenvalue weighted by Gasteiger charge is -2.30. The van der Waals surface area contributed by atoms with Crippen molar-refractivity contribution < 1.29 is 15.3 Å². The zero-order valence-corrected chi connectivity index (χ0v) is 11.9. The summed E-state index contributed by atoms with van der Waals surface area (Å²) in [6.45, 7) is 2.95. The van der Waals surface area contributed by atoms with Crippen molar-refractivity contribution in [3.63, 3.8) is 0 Å². The van der Waals surface area contributed by atoms with Crippen molar-refractivity contribution in [2.45, 2.75) is 37.9 Å². The zero-order valence-electron chi connectivity index (χ0n) is 10.4. The van der Waals surface area contributed by atoms with Crippen LogP contribution in [0.4, 0.5) is 0 Å². The highest BCUT2D eigenvalue weighted by Crippen LogP contribution is 2.31. The molecule has 3 nitrogen and oxygen atoms in total. The van der Waals surface area contributed by atoms with Crippen LogP contribution in [-0.4, -0.2) is 33.6 Å². The molecule has 0 amide bonds. The van der Waals surface area contributed by atoms with Gasteiger partial charge < -0.3 is 15.3 Å². The van der Waals surface area contributed by atoms with Gasteiger partial charge in [-0.15, -0.1) is 0 Å². The maximum absolute atomic E-state index is 10.1. The third-order valence-corrected chi connectivity index (χ3v) is 3.86. The fraction of sp³-hybridized carbons (Fsp3) is 0.538. The molecule has 0 saturated carbocycles. The van der Waals surface area contributed by atoms with Crippen LogP contribution < -0.4 is 0 Å². The molecule has 0 radical (unpaired) electrons. The number of benzene rings is 1. The minimum absolute atomic E-state index is 0.0176. The van der Waals surface area contributed by atoms with E-state index in [-0.39, 0.29) is 5.92 Å². The third-order valence-electron chi connectivity index (χ3n) is 3.12. The monoisotopic (exact) mass is 292 g/mol. The lowest BCUT2D eigenvalue weighted by atomic mass is 9.85. The number of hydrogen-bond donors (Lipinski definition) is 3. The summed E-state index contributed by atoms with van der Waals surface area (Å²) in [5.74, 6) is -0.0176. The summed E-state index contributed by atoms with van der Waals surface area (Å²) >= 11 is 11.8. The fourth-order valence-electron chi connectivity index (χ4n) is 1.89. The number of aliphatic hydroxyl groups excluding tert-OH is 2. The van der Waals surface area contributed by atoms with E-state index in [0.717, 1.165) is 5.56 Å². The zero-order chi connectivity index (χ0) is 13.9. The molecule has 0 fully saturated rings. The third kappa shape index (κ3) is 3.84. The lowest BCUT2D eigenvalue weighted by molar-refractivity contribution is -0.0899. The van der Waals surface area contributed by atoms with Crippen molar-refractivity contribution in [2.24, 2.45) is 0 Å². The minimum atomic E-state index is -1.35. The highest BCUT2D eigenvalue weighted by molar-refractivity contribution is 6.42. The lowest BCUT2D eigenvalue weighted by Crippen LogP contribution is -2.42. The molecule has 0 spiro atoms. The van der Waals surface area contributed by atoms with Gasteiger partial charge in [0, 0.05) is 0 Å². The molecule has 1 aromatic rings. The Morgan fingerprint density at radius 2 is 1.89 bits per heavy atom. The van der Waals surface area contributed by atoms with Crippen molar-refractivity contribution in [2.75, 3.05) is 6.61 Å². The summed E-state index contributed by atoms with van der Waals surface area (Å²) in [4.78, 5) is 0. The van der Waals surface area contributed by atoms with Gasteiger partial charge in [-0.05, 0) is 37.0 Å². The summed E-state index contributed by atoms with van der Waals surface area (Å²) in [5.41, 5.74) is -0.421. The van der Waals surface area contributed by atoms with Crippen LogP contribution in [0.2, 0.25) is 10.0 Å². The first-order chi connectivity index (χ1) is 8.27. The summed E-state index contributed by atoms with van der Waals surface area (Å²) < 4.78 is 0. The smallest absolute Gasteiger partial charge is 0.105 e. The van der Waals surface area contributed by atoms with Crippen LogP contribution in [0, 0.1) is 0 Å². The van der Waals surface area contributed by atoms with E-state index in [9.17, 15) is 10.2 Å². The molecule has 0 aliphatic carbocycles. The van der Waals surface area contributed by atoms with Gasteiger partial charge in [0.15, 0.2) is 0 Å². The van der Waals surface area contributed by atoms with Crippen LogP contribution in [0.25, 0.3) is 0 Å². The molecule has 0 heterocycles. The van der Waals surface area contributed by atoms with E-state index in [2.05, 4.69) is 0 Å². The van der Waals surface area contributed by atoms with E-state index in [1.165, 1.54) is 6.92 Å². The Balaban J connectivity index is 2.81. The Bertz CT molecular complexity index is 407. The predicted molar refractivity (Wildman–Crippen MR) is 73.2 cm³/mol. The van der Waals surface area contributed by atoms with Gasteiger partial charge in [0.1, 0.15) is 6.10 Å². The van der Waals surface area contributed by atoms with E-state index >= 15 is 0 Å². The van der Waals surface area contributed by atoms with Gasteiger partial charge in [0.25, 0.3) is 0 Å². The molecular weight excluding hydrogens is 275 g/mol. The van der Waals surface area contributed by atoms with E-state index in [4.69, 9.17) is 28.3 Å². The molecule has 3 atom stereocenters. The predicted octanol–water partition coefficient (Wildman–Crippen LogP) is 2.59. The van der Waals surface area contributed by atoms with Crippen LogP contribution >= 0.6 is 23.2 Å². The summed E-state index contributed by atoms with van der Waals surface area (Å²) in [6.07, 6.45) is -0.852. The average Bonchev–Trinajstić information content (AvgIpc) is 2.30. The molecule has 1 rings (SSSR count). The van der Waals surface area contributed by atoms with Crippen molar-refractivity contribution >= 4 is 23.2 Å². The Morgan fingerprint density at radius 1 is 1.28 bits per heavy atom. The molecule has 0 aliphatic heterocycles. The van der Waals surface area contributed by atoms with Crippen LogP contribution in [-0.2, 0) is 0 Å². The molecule has 0 bridgehead atoms. The first-order valence-corrected chi connectivity index (χ1v) is 6.49. The Morgan fingerprint density at radius 3 is 2.39 bits per heavy atom. The van der Waals surface area contributed by atoms with Gasteiger partial charge in [-0.25, -0.2) is 0 Å². The van der Waals surface area contributed by atoms with Gasteiger partial charge >= 0.3 is 0 Å². The molecule has 2 unspecified atom stereocenters. The van der Waals surface area contributed by atoms with E-state index < -0.39 is 18.3 Å². The molecule has 0 saturated heterocycles. The fourth-order valence-corrected chi connectivity index (χ4v) is 2.20.